The molecule has 1 N–H and O–H groups in total. The van der Waals surface area contributed by atoms with Gasteiger partial charge in [0.05, 0.1) is 19.3 Å². The molecule has 0 saturated heterocycles. The smallest absolute Gasteiger partial charge is 0.338 e. The Labute approximate surface area is 152 Å². The second-order valence-corrected chi connectivity index (χ2v) is 9.36. The molecule has 0 aliphatic rings. The summed E-state index contributed by atoms with van der Waals surface area (Å²) in [7, 11) is 1.57. The predicted octanol–water partition coefficient (Wildman–Crippen LogP) is 4.70. The van der Waals surface area contributed by atoms with Gasteiger partial charge in [-0.15, -0.1) is 0 Å². The minimum atomic E-state index is -0.346. The molecule has 1 rings (SSSR count). The number of esters is 1. The highest BCUT2D eigenvalue weighted by molar-refractivity contribution is 5.89. The van der Waals surface area contributed by atoms with Crippen LogP contribution in [0.25, 0.3) is 0 Å². The Balaban J connectivity index is 2.88. The molecule has 0 aromatic heterocycles. The van der Waals surface area contributed by atoms with Gasteiger partial charge >= 0.3 is 5.97 Å². The van der Waals surface area contributed by atoms with Crippen molar-refractivity contribution >= 4 is 5.97 Å². The van der Waals surface area contributed by atoms with Crippen molar-refractivity contribution in [1.82, 2.24) is 0 Å². The van der Waals surface area contributed by atoms with Gasteiger partial charge in [0.2, 0.25) is 0 Å². The molecule has 0 saturated carbocycles. The van der Waals surface area contributed by atoms with E-state index >= 15 is 0 Å². The highest BCUT2D eigenvalue weighted by Crippen LogP contribution is 2.42. The fraction of sp³-hybridized carbons (Fsp3) is 0.667. The second kappa shape index (κ2) is 8.22. The zero-order valence-electron chi connectivity index (χ0n) is 16.8. The first-order chi connectivity index (χ1) is 11.4. The molecule has 0 radical (unpaired) electrons. The van der Waals surface area contributed by atoms with Crippen LogP contribution in [0.1, 0.15) is 64.7 Å². The average molecular weight is 350 g/mol. The number of ether oxygens (including phenoxy) is 2. The Morgan fingerprint density at radius 2 is 1.72 bits per heavy atom. The summed E-state index contributed by atoms with van der Waals surface area (Å²) in [5, 5.41) is 9.65. The van der Waals surface area contributed by atoms with E-state index < -0.39 is 0 Å². The van der Waals surface area contributed by atoms with E-state index in [1.807, 2.05) is 13.8 Å². The molecule has 0 fully saturated rings. The number of rotatable bonds is 8. The van der Waals surface area contributed by atoms with Crippen molar-refractivity contribution in [1.29, 1.82) is 0 Å². The quantitative estimate of drug-likeness (QED) is 0.690. The number of aliphatic hydroxyl groups excluding tert-OH is 1. The summed E-state index contributed by atoms with van der Waals surface area (Å²) in [6, 6.07) is 6.98. The summed E-state index contributed by atoms with van der Waals surface area (Å²) in [4.78, 5) is 12.4. The van der Waals surface area contributed by atoms with Gasteiger partial charge in [-0.1, -0.05) is 47.6 Å². The summed E-state index contributed by atoms with van der Waals surface area (Å²) in [6.45, 7) is 13.2. The van der Waals surface area contributed by atoms with Crippen LogP contribution in [0.15, 0.2) is 24.3 Å². The van der Waals surface area contributed by atoms with E-state index in [0.717, 1.165) is 12.8 Å². The molecule has 0 aliphatic carbocycles. The molecule has 25 heavy (non-hydrogen) atoms. The lowest BCUT2D eigenvalue weighted by Crippen LogP contribution is -2.36. The SMILES string of the molecule is COc1cccc(C(=O)OCC(C)(CC(C)(C)C)CC(C)(C)CO)c1. The molecule has 1 aromatic carbocycles. The number of hydrogen-bond acceptors (Lipinski definition) is 4. The topological polar surface area (TPSA) is 55.8 Å². The average Bonchev–Trinajstić information content (AvgIpc) is 2.50. The fourth-order valence-electron chi connectivity index (χ4n) is 3.73. The van der Waals surface area contributed by atoms with Crippen molar-refractivity contribution < 1.29 is 19.4 Å². The molecule has 0 spiro atoms. The summed E-state index contributed by atoms with van der Waals surface area (Å²) in [5.74, 6) is 0.286. The van der Waals surface area contributed by atoms with Crippen LogP contribution in [0.5, 0.6) is 5.75 Å². The largest absolute Gasteiger partial charge is 0.497 e. The van der Waals surface area contributed by atoms with Crippen LogP contribution in [-0.2, 0) is 4.74 Å². The standard InChI is InChI=1S/C21H34O4/c1-19(2,3)12-21(6,13-20(4,5)14-22)15-25-18(23)16-9-8-10-17(11-16)24-7/h8-11,22H,12-15H2,1-7H3. The van der Waals surface area contributed by atoms with E-state index in [1.54, 1.807) is 31.4 Å². The van der Waals surface area contributed by atoms with Gasteiger partial charge in [0.1, 0.15) is 5.75 Å². The zero-order valence-corrected chi connectivity index (χ0v) is 16.8. The minimum Gasteiger partial charge on any atom is -0.497 e. The van der Waals surface area contributed by atoms with Crippen molar-refractivity contribution in [3.63, 3.8) is 0 Å². The molecule has 1 atom stereocenters. The lowest BCUT2D eigenvalue weighted by atomic mass is 9.67. The van der Waals surface area contributed by atoms with Crippen LogP contribution in [0.3, 0.4) is 0 Å². The molecule has 0 heterocycles. The molecule has 1 unspecified atom stereocenters. The molecular formula is C21H34O4. The lowest BCUT2D eigenvalue weighted by Gasteiger charge is -2.40. The minimum absolute atomic E-state index is 0.0999. The Bertz CT molecular complexity index is 572. The third kappa shape index (κ3) is 7.47. The normalized spacial score (nSPS) is 14.7. The van der Waals surface area contributed by atoms with E-state index in [4.69, 9.17) is 9.47 Å². The predicted molar refractivity (Wildman–Crippen MR) is 101 cm³/mol. The van der Waals surface area contributed by atoms with Gasteiger partial charge < -0.3 is 14.6 Å². The maximum atomic E-state index is 12.4. The van der Waals surface area contributed by atoms with Gasteiger partial charge in [-0.2, -0.15) is 0 Å². The van der Waals surface area contributed by atoms with Crippen LogP contribution in [-0.4, -0.2) is 31.4 Å². The summed E-state index contributed by atoms with van der Waals surface area (Å²) >= 11 is 0. The molecule has 142 valence electrons. The Morgan fingerprint density at radius 1 is 1.08 bits per heavy atom. The van der Waals surface area contributed by atoms with Gasteiger partial charge in [0.15, 0.2) is 0 Å². The van der Waals surface area contributed by atoms with Gasteiger partial charge in [-0.25, -0.2) is 4.79 Å². The van der Waals surface area contributed by atoms with Crippen molar-refractivity contribution in [2.45, 2.75) is 54.4 Å². The highest BCUT2D eigenvalue weighted by Gasteiger charge is 2.36. The Hall–Kier alpha value is -1.55. The van der Waals surface area contributed by atoms with Crippen molar-refractivity contribution in [2.24, 2.45) is 16.2 Å². The fourth-order valence-corrected chi connectivity index (χ4v) is 3.73. The monoisotopic (exact) mass is 350 g/mol. The first kappa shape index (κ1) is 21.5. The number of hydrogen-bond donors (Lipinski definition) is 1. The van der Waals surface area contributed by atoms with E-state index in [1.165, 1.54) is 0 Å². The highest BCUT2D eigenvalue weighted by atomic mass is 16.5. The maximum Gasteiger partial charge on any atom is 0.338 e. The molecule has 0 amide bonds. The zero-order chi connectivity index (χ0) is 19.3. The van der Waals surface area contributed by atoms with Gasteiger partial charge in [0.25, 0.3) is 0 Å². The number of methoxy groups -OCH3 is 1. The van der Waals surface area contributed by atoms with Crippen LogP contribution >= 0.6 is 0 Å². The van der Waals surface area contributed by atoms with Gasteiger partial charge in [-0.05, 0) is 41.9 Å². The molecule has 0 aliphatic heterocycles. The summed E-state index contributed by atoms with van der Waals surface area (Å²) in [5.41, 5.74) is 0.156. The Morgan fingerprint density at radius 3 is 2.24 bits per heavy atom. The molecular weight excluding hydrogens is 316 g/mol. The third-order valence-electron chi connectivity index (χ3n) is 4.15. The number of carbonyl (C=O) groups is 1. The number of benzene rings is 1. The van der Waals surface area contributed by atoms with Crippen LogP contribution < -0.4 is 4.74 Å². The van der Waals surface area contributed by atoms with E-state index in [9.17, 15) is 9.90 Å². The summed E-state index contributed by atoms with van der Waals surface area (Å²) < 4.78 is 10.8. The van der Waals surface area contributed by atoms with Crippen LogP contribution in [0, 0.1) is 16.2 Å². The first-order valence-electron chi connectivity index (χ1n) is 8.82. The second-order valence-electron chi connectivity index (χ2n) is 9.36. The molecule has 4 nitrogen and oxygen atoms in total. The molecule has 1 aromatic rings. The van der Waals surface area contributed by atoms with Gasteiger partial charge in [0, 0.05) is 12.0 Å². The van der Waals surface area contributed by atoms with E-state index in [-0.39, 0.29) is 28.8 Å². The summed E-state index contributed by atoms with van der Waals surface area (Å²) in [6.07, 6.45) is 1.67. The van der Waals surface area contributed by atoms with Crippen molar-refractivity contribution in [2.75, 3.05) is 20.3 Å². The van der Waals surface area contributed by atoms with E-state index in [0.29, 0.717) is 17.9 Å². The van der Waals surface area contributed by atoms with Crippen molar-refractivity contribution in [3.8, 4) is 5.75 Å². The number of carbonyl (C=O) groups excluding carboxylic acids is 1. The maximum absolute atomic E-state index is 12.4. The molecule has 0 bridgehead atoms. The van der Waals surface area contributed by atoms with E-state index in [2.05, 4.69) is 27.7 Å². The van der Waals surface area contributed by atoms with Crippen LogP contribution in [0.2, 0.25) is 0 Å². The van der Waals surface area contributed by atoms with Gasteiger partial charge in [-0.3, -0.25) is 0 Å². The van der Waals surface area contributed by atoms with Crippen LogP contribution in [0.4, 0.5) is 0 Å². The first-order valence-corrected chi connectivity index (χ1v) is 8.82. The lowest BCUT2D eigenvalue weighted by molar-refractivity contribution is -0.00167. The van der Waals surface area contributed by atoms with Crippen molar-refractivity contribution in [3.05, 3.63) is 29.8 Å². The third-order valence-corrected chi connectivity index (χ3v) is 4.15. The number of aliphatic hydroxyl groups is 1. The Kier molecular flexibility index (Phi) is 7.07. The molecule has 4 heteroatoms.